The van der Waals surface area contributed by atoms with Gasteiger partial charge in [-0.3, -0.25) is 9.59 Å². The number of carbonyl (C=O) groups is 2. The van der Waals surface area contributed by atoms with E-state index in [1.807, 2.05) is 92.0 Å². The molecule has 1 aliphatic heterocycles. The van der Waals surface area contributed by atoms with Gasteiger partial charge in [-0.1, -0.05) is 74.0 Å². The minimum Gasteiger partial charge on any atom is -0.339 e. The van der Waals surface area contributed by atoms with Crippen LogP contribution >= 0.6 is 0 Å². The molecule has 31 heavy (non-hydrogen) atoms. The minimum absolute atomic E-state index is 0.296. The molecular formula is C27H26N2O2. The first-order chi connectivity index (χ1) is 15.1. The van der Waals surface area contributed by atoms with Gasteiger partial charge in [-0.2, -0.15) is 0 Å². The number of carbonyl (C=O) groups excluding carboxylic acids is 2. The highest BCUT2D eigenvalue weighted by Gasteiger charge is 2.42. The standard InChI is InChI=1S/C27H26N2O2/c1-3-4-11-20-16-18-23(19-17-20)29-26(30)24(21-12-7-5-8-13-21)25(27(29)31)28(2)22-14-9-6-10-15-22/h5-10,12-19H,3-4,11H2,1-2H3. The van der Waals surface area contributed by atoms with E-state index >= 15 is 0 Å². The van der Waals surface area contributed by atoms with E-state index in [0.29, 0.717) is 17.0 Å². The maximum absolute atomic E-state index is 13.6. The average molecular weight is 411 g/mol. The number of amides is 2. The van der Waals surface area contributed by atoms with Gasteiger partial charge in [-0.15, -0.1) is 0 Å². The molecule has 0 bridgehead atoms. The molecule has 0 aliphatic carbocycles. The fourth-order valence-electron chi connectivity index (χ4n) is 3.90. The molecule has 0 aromatic heterocycles. The van der Waals surface area contributed by atoms with Crippen LogP contribution in [0.15, 0.2) is 90.6 Å². The lowest BCUT2D eigenvalue weighted by Crippen LogP contribution is -2.34. The first-order valence-corrected chi connectivity index (χ1v) is 10.7. The second-order valence-corrected chi connectivity index (χ2v) is 7.70. The lowest BCUT2D eigenvalue weighted by atomic mass is 10.0. The van der Waals surface area contributed by atoms with Gasteiger partial charge in [0.25, 0.3) is 11.8 Å². The SMILES string of the molecule is CCCCc1ccc(N2C(=O)C(c3ccccc3)=C(N(C)c3ccccc3)C2=O)cc1. The van der Waals surface area contributed by atoms with Crippen LogP contribution in [0.3, 0.4) is 0 Å². The summed E-state index contributed by atoms with van der Waals surface area (Å²) in [6, 6.07) is 26.8. The Hall–Kier alpha value is -3.66. The summed E-state index contributed by atoms with van der Waals surface area (Å²) in [7, 11) is 1.83. The Morgan fingerprint density at radius 2 is 1.39 bits per heavy atom. The van der Waals surface area contributed by atoms with Crippen molar-refractivity contribution in [1.82, 2.24) is 0 Å². The molecule has 1 aliphatic rings. The Kier molecular flexibility index (Phi) is 5.99. The first kappa shape index (κ1) is 20.6. The summed E-state index contributed by atoms with van der Waals surface area (Å²) in [6.45, 7) is 2.16. The van der Waals surface area contributed by atoms with Crippen LogP contribution in [0.5, 0.6) is 0 Å². The number of likely N-dealkylation sites (N-methyl/N-ethyl adjacent to an activating group) is 1. The number of aryl methyl sites for hydroxylation is 1. The molecule has 0 saturated heterocycles. The third-order valence-electron chi connectivity index (χ3n) is 5.61. The molecule has 0 saturated carbocycles. The van der Waals surface area contributed by atoms with Gasteiger partial charge in [-0.05, 0) is 48.2 Å². The average Bonchev–Trinajstić information content (AvgIpc) is 3.08. The Balaban J connectivity index is 1.76. The van der Waals surface area contributed by atoms with E-state index in [1.54, 1.807) is 4.90 Å². The van der Waals surface area contributed by atoms with Crippen LogP contribution in [0.1, 0.15) is 30.9 Å². The van der Waals surface area contributed by atoms with Crippen LogP contribution in [0.4, 0.5) is 11.4 Å². The molecule has 2 amide bonds. The summed E-state index contributed by atoms with van der Waals surface area (Å²) in [5, 5.41) is 0. The second kappa shape index (κ2) is 9.00. The minimum atomic E-state index is -0.309. The van der Waals surface area contributed by atoms with Gasteiger partial charge in [0, 0.05) is 12.7 Å². The van der Waals surface area contributed by atoms with Crippen LogP contribution in [-0.4, -0.2) is 18.9 Å². The molecule has 3 aromatic rings. The number of rotatable bonds is 7. The number of unbranched alkanes of at least 4 members (excludes halogenated alkanes) is 1. The summed E-state index contributed by atoms with van der Waals surface area (Å²) in [5.74, 6) is -0.605. The predicted molar refractivity (Wildman–Crippen MR) is 126 cm³/mol. The van der Waals surface area contributed by atoms with Gasteiger partial charge >= 0.3 is 0 Å². The van der Waals surface area contributed by atoms with Gasteiger partial charge in [0.1, 0.15) is 5.70 Å². The number of hydrogen-bond donors (Lipinski definition) is 0. The van der Waals surface area contributed by atoms with E-state index < -0.39 is 0 Å². The van der Waals surface area contributed by atoms with Crippen molar-refractivity contribution in [3.63, 3.8) is 0 Å². The van der Waals surface area contributed by atoms with E-state index in [2.05, 4.69) is 6.92 Å². The van der Waals surface area contributed by atoms with Crippen LogP contribution < -0.4 is 9.80 Å². The molecular weight excluding hydrogens is 384 g/mol. The number of benzene rings is 3. The molecule has 156 valence electrons. The number of nitrogens with zero attached hydrogens (tertiary/aromatic N) is 2. The number of imide groups is 1. The van der Waals surface area contributed by atoms with Crippen LogP contribution in [0, 0.1) is 0 Å². The first-order valence-electron chi connectivity index (χ1n) is 10.7. The monoisotopic (exact) mass is 410 g/mol. The predicted octanol–water partition coefficient (Wildman–Crippen LogP) is 5.45. The Morgan fingerprint density at radius 1 is 0.774 bits per heavy atom. The molecule has 4 heteroatoms. The third kappa shape index (κ3) is 4.02. The zero-order valence-corrected chi connectivity index (χ0v) is 17.9. The van der Waals surface area contributed by atoms with Crippen LogP contribution in [0.25, 0.3) is 5.57 Å². The van der Waals surface area contributed by atoms with E-state index in [4.69, 9.17) is 0 Å². The molecule has 4 rings (SSSR count). The second-order valence-electron chi connectivity index (χ2n) is 7.70. The fraction of sp³-hybridized carbons (Fsp3) is 0.185. The van der Waals surface area contributed by atoms with Gasteiger partial charge in [0.15, 0.2) is 0 Å². The zero-order chi connectivity index (χ0) is 21.8. The topological polar surface area (TPSA) is 40.6 Å². The van der Waals surface area contributed by atoms with Crippen LogP contribution in [0.2, 0.25) is 0 Å². The van der Waals surface area contributed by atoms with Gasteiger partial charge in [-0.25, -0.2) is 4.90 Å². The van der Waals surface area contributed by atoms with E-state index in [0.717, 1.165) is 30.5 Å². The number of hydrogen-bond acceptors (Lipinski definition) is 3. The van der Waals surface area contributed by atoms with Crippen molar-refractivity contribution in [2.45, 2.75) is 26.2 Å². The Labute approximate surface area is 183 Å². The van der Waals surface area contributed by atoms with Crippen molar-refractivity contribution < 1.29 is 9.59 Å². The normalized spacial score (nSPS) is 13.8. The molecule has 0 spiro atoms. The van der Waals surface area contributed by atoms with E-state index in [1.165, 1.54) is 10.5 Å². The van der Waals surface area contributed by atoms with Crippen molar-refractivity contribution in [2.24, 2.45) is 0 Å². The number of anilines is 2. The van der Waals surface area contributed by atoms with Crippen molar-refractivity contribution in [2.75, 3.05) is 16.8 Å². The lowest BCUT2D eigenvalue weighted by molar-refractivity contribution is -0.120. The molecule has 0 atom stereocenters. The smallest absolute Gasteiger partial charge is 0.282 e. The summed E-state index contributed by atoms with van der Waals surface area (Å²) in [4.78, 5) is 30.2. The maximum Gasteiger partial charge on any atom is 0.282 e. The van der Waals surface area contributed by atoms with Crippen LogP contribution in [-0.2, 0) is 16.0 Å². The summed E-state index contributed by atoms with van der Waals surface area (Å²) < 4.78 is 0. The fourth-order valence-corrected chi connectivity index (χ4v) is 3.90. The molecule has 1 heterocycles. The highest BCUT2D eigenvalue weighted by molar-refractivity contribution is 6.46. The molecule has 4 nitrogen and oxygen atoms in total. The quantitative estimate of drug-likeness (QED) is 0.486. The zero-order valence-electron chi connectivity index (χ0n) is 17.9. The van der Waals surface area contributed by atoms with Crippen molar-refractivity contribution >= 4 is 28.8 Å². The highest BCUT2D eigenvalue weighted by atomic mass is 16.2. The molecule has 0 radical (unpaired) electrons. The molecule has 0 fully saturated rings. The van der Waals surface area contributed by atoms with Crippen molar-refractivity contribution in [3.05, 3.63) is 102 Å². The van der Waals surface area contributed by atoms with Gasteiger partial charge < -0.3 is 4.90 Å². The summed E-state index contributed by atoms with van der Waals surface area (Å²) >= 11 is 0. The Bertz CT molecular complexity index is 1100. The summed E-state index contributed by atoms with van der Waals surface area (Å²) in [5.41, 5.74) is 4.21. The molecule has 0 N–H and O–H groups in total. The van der Waals surface area contributed by atoms with Crippen molar-refractivity contribution in [1.29, 1.82) is 0 Å². The maximum atomic E-state index is 13.6. The Morgan fingerprint density at radius 3 is 2.00 bits per heavy atom. The van der Waals surface area contributed by atoms with E-state index in [9.17, 15) is 9.59 Å². The largest absolute Gasteiger partial charge is 0.339 e. The number of para-hydroxylation sites is 1. The summed E-state index contributed by atoms with van der Waals surface area (Å²) in [6.07, 6.45) is 3.24. The molecule has 0 unspecified atom stereocenters. The van der Waals surface area contributed by atoms with Gasteiger partial charge in [0.2, 0.25) is 0 Å². The van der Waals surface area contributed by atoms with Crippen molar-refractivity contribution in [3.8, 4) is 0 Å². The van der Waals surface area contributed by atoms with E-state index in [-0.39, 0.29) is 11.8 Å². The molecule has 3 aromatic carbocycles. The third-order valence-corrected chi connectivity index (χ3v) is 5.61. The van der Waals surface area contributed by atoms with Gasteiger partial charge in [0.05, 0.1) is 11.3 Å². The highest BCUT2D eigenvalue weighted by Crippen LogP contribution is 2.36. The lowest BCUT2D eigenvalue weighted by Gasteiger charge is -2.21.